The second-order valence-corrected chi connectivity index (χ2v) is 11.4. The molecule has 0 nitrogen and oxygen atoms in total. The molecule has 0 saturated carbocycles. The summed E-state index contributed by atoms with van der Waals surface area (Å²) in [6, 6.07) is 0. The molecule has 0 rings (SSSR count). The van der Waals surface area contributed by atoms with Gasteiger partial charge >= 0.3 is 110 Å². The summed E-state index contributed by atoms with van der Waals surface area (Å²) in [6.45, 7) is 6.98. The summed E-state index contributed by atoms with van der Waals surface area (Å²) in [5, 5.41) is 0. The van der Waals surface area contributed by atoms with Crippen LogP contribution in [0, 0.1) is 0 Å². The van der Waals surface area contributed by atoms with Gasteiger partial charge in [0, 0.05) is 0 Å². The van der Waals surface area contributed by atoms with Gasteiger partial charge in [-0.1, -0.05) is 0 Å². The van der Waals surface area contributed by atoms with Crippen LogP contribution < -0.4 is 0 Å². The molecule has 103 valence electrons. The fourth-order valence-electron chi connectivity index (χ4n) is 1.70. The molecule has 1 heteroatoms. The molecule has 0 aliphatic heterocycles. The minimum atomic E-state index is -0.512. The average molecular weight is 409 g/mol. The minimum absolute atomic E-state index is 0.512. The van der Waals surface area contributed by atoms with E-state index >= 15 is 0 Å². The van der Waals surface area contributed by atoms with Crippen LogP contribution in [0.2, 0.25) is 14.4 Å². The molecule has 0 N–H and O–H groups in total. The van der Waals surface area contributed by atoms with E-state index in [9.17, 15) is 0 Å². The van der Waals surface area contributed by atoms with Gasteiger partial charge in [0.15, 0.2) is 0 Å². The van der Waals surface area contributed by atoms with Gasteiger partial charge in [0.2, 0.25) is 0 Å². The second-order valence-electron chi connectivity index (χ2n) is 4.57. The first kappa shape index (κ1) is 16.7. The topological polar surface area (TPSA) is 0 Å². The molecule has 0 saturated heterocycles. The van der Waals surface area contributed by atoms with Crippen LogP contribution >= 0.6 is 0 Å². The van der Waals surface area contributed by atoms with Crippen LogP contribution in [-0.2, 0) is 17.3 Å². The maximum atomic E-state index is 2.33. The fourth-order valence-corrected chi connectivity index (χ4v) is 8.52. The zero-order chi connectivity index (χ0) is 12.1. The number of hydrogen-bond donors (Lipinski definition) is 0. The Bertz CT molecular complexity index is 98.8. The van der Waals surface area contributed by atoms with Gasteiger partial charge in [-0.15, -0.1) is 0 Å². The van der Waals surface area contributed by atoms with Crippen molar-refractivity contribution in [3.8, 4) is 0 Å². The normalized spacial score (nSPS) is 11.8. The average Bonchev–Trinajstić information content (AvgIpc) is 2.29. The quantitative estimate of drug-likeness (QED) is 0.326. The van der Waals surface area contributed by atoms with E-state index in [-0.39, 0.29) is 0 Å². The molecule has 0 fully saturated rings. The van der Waals surface area contributed by atoms with Gasteiger partial charge in [-0.3, -0.25) is 0 Å². The van der Waals surface area contributed by atoms with E-state index in [4.69, 9.17) is 0 Å². The monoisotopic (exact) mass is 408 g/mol. The van der Waals surface area contributed by atoms with Gasteiger partial charge in [-0.2, -0.15) is 0 Å². The third-order valence-corrected chi connectivity index (χ3v) is 10.0. The molecule has 0 bridgehead atoms. The first-order valence-electron chi connectivity index (χ1n) is 7.29. The van der Waals surface area contributed by atoms with Crippen molar-refractivity contribution in [1.29, 1.82) is 0 Å². The molecule has 0 aliphatic rings. The summed E-state index contributed by atoms with van der Waals surface area (Å²) in [6.07, 6.45) is 13.3. The van der Waals surface area contributed by atoms with Crippen LogP contribution in [-0.4, -0.2) is 0 Å². The Hall–Kier alpha value is 0.688. The van der Waals surface area contributed by atoms with Crippen LogP contribution in [0.4, 0.5) is 0 Å². The summed E-state index contributed by atoms with van der Waals surface area (Å²) in [5.41, 5.74) is 0. The molecule has 0 amide bonds. The molecule has 0 atom stereocenters. The van der Waals surface area contributed by atoms with Crippen LogP contribution in [0.1, 0.15) is 78.6 Å². The van der Waals surface area contributed by atoms with Crippen LogP contribution in [0.3, 0.4) is 0 Å². The van der Waals surface area contributed by atoms with E-state index in [1.54, 1.807) is 33.7 Å². The molecule has 0 aromatic rings. The first-order valence-corrected chi connectivity index (χ1v) is 12.1. The Morgan fingerprint density at radius 2 is 0.812 bits per heavy atom. The molecule has 16 heavy (non-hydrogen) atoms. The van der Waals surface area contributed by atoms with Crippen LogP contribution in [0.15, 0.2) is 0 Å². The van der Waals surface area contributed by atoms with E-state index in [0.717, 1.165) is 0 Å². The van der Waals surface area contributed by atoms with Crippen molar-refractivity contribution in [2.24, 2.45) is 0 Å². The van der Waals surface area contributed by atoms with E-state index in [2.05, 4.69) is 20.8 Å². The van der Waals surface area contributed by atoms with Crippen LogP contribution in [0.5, 0.6) is 0 Å². The molecule has 0 aliphatic carbocycles. The molecule has 0 spiro atoms. The maximum absolute atomic E-state index is 2.33. The molecule has 0 unspecified atom stereocenters. The van der Waals surface area contributed by atoms with E-state index < -0.39 is 17.3 Å². The Labute approximate surface area is 110 Å². The van der Waals surface area contributed by atoms with Crippen LogP contribution in [0.25, 0.3) is 0 Å². The van der Waals surface area contributed by atoms with Crippen molar-refractivity contribution in [2.75, 3.05) is 0 Å². The fraction of sp³-hybridized carbons (Fsp3) is 1.00. The van der Waals surface area contributed by atoms with E-state index in [1.807, 2.05) is 0 Å². The molecular formula is C15H33Pt. The van der Waals surface area contributed by atoms with Crippen molar-refractivity contribution in [3.05, 3.63) is 0 Å². The zero-order valence-corrected chi connectivity index (χ0v) is 14.1. The van der Waals surface area contributed by atoms with Gasteiger partial charge < -0.3 is 0 Å². The predicted molar refractivity (Wildman–Crippen MR) is 73.0 cm³/mol. The van der Waals surface area contributed by atoms with E-state index in [0.29, 0.717) is 0 Å². The summed E-state index contributed by atoms with van der Waals surface area (Å²) in [7, 11) is 0. The first-order chi connectivity index (χ1) is 7.85. The van der Waals surface area contributed by atoms with Crippen molar-refractivity contribution in [1.82, 2.24) is 0 Å². The van der Waals surface area contributed by atoms with E-state index in [1.165, 1.54) is 38.5 Å². The third-order valence-electron chi connectivity index (χ3n) is 2.82. The number of rotatable bonds is 12. The zero-order valence-electron chi connectivity index (χ0n) is 11.8. The van der Waals surface area contributed by atoms with Crippen molar-refractivity contribution >= 4 is 0 Å². The van der Waals surface area contributed by atoms with Gasteiger partial charge in [0.25, 0.3) is 0 Å². The molecule has 0 aromatic carbocycles. The number of hydrogen-bond acceptors (Lipinski definition) is 0. The molecule has 0 aromatic heterocycles. The second kappa shape index (κ2) is 13.8. The Morgan fingerprint density at radius 3 is 1.06 bits per heavy atom. The summed E-state index contributed by atoms with van der Waals surface area (Å²) in [4.78, 5) is 4.98. The van der Waals surface area contributed by atoms with Crippen molar-refractivity contribution in [2.45, 2.75) is 93.0 Å². The predicted octanol–water partition coefficient (Wildman–Crippen LogP) is 6.43. The Balaban J connectivity index is 3.58. The Morgan fingerprint density at radius 1 is 0.500 bits per heavy atom. The molecular weight excluding hydrogens is 375 g/mol. The summed E-state index contributed by atoms with van der Waals surface area (Å²) < 4.78 is 0. The summed E-state index contributed by atoms with van der Waals surface area (Å²) >= 11 is -0.512. The number of unbranched alkanes of at least 4 members (excludes halogenated alkanes) is 6. The SMILES string of the molecule is CCCC[CH2][Pt]([CH2]CCCC)[CH2]CCCC. The van der Waals surface area contributed by atoms with Gasteiger partial charge in [0.05, 0.1) is 0 Å². The third kappa shape index (κ3) is 11.2. The van der Waals surface area contributed by atoms with Crippen molar-refractivity contribution < 1.29 is 17.3 Å². The van der Waals surface area contributed by atoms with Gasteiger partial charge in [0.1, 0.15) is 0 Å². The standard InChI is InChI=1S/3C5H11.Pt/c3*1-3-5-4-2;/h3*1,3-5H2,2H3;. The Kier molecular flexibility index (Phi) is 14.3. The molecule has 0 heterocycles. The van der Waals surface area contributed by atoms with Gasteiger partial charge in [-0.05, 0) is 0 Å². The molecule has 0 radical (unpaired) electrons. The van der Waals surface area contributed by atoms with Crippen molar-refractivity contribution in [3.63, 3.8) is 0 Å². The summed E-state index contributed by atoms with van der Waals surface area (Å²) in [5.74, 6) is 0. The van der Waals surface area contributed by atoms with Gasteiger partial charge in [-0.25, -0.2) is 0 Å².